The van der Waals surface area contributed by atoms with Gasteiger partial charge in [0, 0.05) is 23.9 Å². The second-order valence-corrected chi connectivity index (χ2v) is 8.13. The third-order valence-corrected chi connectivity index (χ3v) is 6.13. The molecule has 1 saturated heterocycles. The molecule has 0 spiro atoms. The van der Waals surface area contributed by atoms with Crippen LogP contribution in [0.3, 0.4) is 0 Å². The van der Waals surface area contributed by atoms with Gasteiger partial charge in [0.2, 0.25) is 5.91 Å². The molecule has 3 rings (SSSR count). The summed E-state index contributed by atoms with van der Waals surface area (Å²) in [4.78, 5) is 60.2. The number of urea groups is 1. The minimum absolute atomic E-state index is 0.211. The van der Waals surface area contributed by atoms with E-state index in [0.717, 1.165) is 4.90 Å². The number of anilines is 1. The van der Waals surface area contributed by atoms with Crippen molar-refractivity contribution in [2.75, 3.05) is 17.7 Å². The number of carbonyl (C=O) groups excluding carboxylic acids is 4. The van der Waals surface area contributed by atoms with Crippen LogP contribution in [-0.2, 0) is 23.9 Å². The normalized spacial score (nSPS) is 20.6. The number of nitrogens with one attached hydrogen (secondary N) is 2. The van der Waals surface area contributed by atoms with Gasteiger partial charge in [0.15, 0.2) is 0 Å². The molecule has 0 saturated carbocycles. The number of hydrogen-bond donors (Lipinski definition) is 5. The number of primary amides is 1. The number of carboxylic acids is 1. The van der Waals surface area contributed by atoms with E-state index in [1.165, 1.54) is 24.8 Å². The number of ether oxygens (including phenoxy) is 1. The zero-order valence-corrected chi connectivity index (χ0v) is 17.7. The molecule has 1 unspecified atom stereocenters. The Bertz CT molecular complexity index is 1030. The summed E-state index contributed by atoms with van der Waals surface area (Å²) >= 11 is 1.24. The Morgan fingerprint density at radius 1 is 1.34 bits per heavy atom. The van der Waals surface area contributed by atoms with Crippen molar-refractivity contribution in [3.63, 3.8) is 0 Å². The number of aliphatic carboxylic acids is 1. The van der Waals surface area contributed by atoms with Gasteiger partial charge in [0.05, 0.1) is 0 Å². The topological polar surface area (TPSA) is 194 Å². The van der Waals surface area contributed by atoms with Gasteiger partial charge >= 0.3 is 18.0 Å². The molecule has 32 heavy (non-hydrogen) atoms. The molecule has 1 fully saturated rings. The maximum Gasteiger partial charge on any atom is 0.352 e. The lowest BCUT2D eigenvalue weighted by atomic mass is 10.0. The first-order valence-corrected chi connectivity index (χ1v) is 10.4. The summed E-state index contributed by atoms with van der Waals surface area (Å²) < 4.78 is 4.88. The second kappa shape index (κ2) is 9.28. The van der Waals surface area contributed by atoms with Gasteiger partial charge in [-0.05, 0) is 17.7 Å². The van der Waals surface area contributed by atoms with E-state index in [1.54, 1.807) is 18.2 Å². The second-order valence-electron chi connectivity index (χ2n) is 7.03. The Morgan fingerprint density at radius 2 is 2.06 bits per heavy atom. The fourth-order valence-corrected chi connectivity index (χ4v) is 4.66. The van der Waals surface area contributed by atoms with E-state index in [2.05, 4.69) is 10.6 Å². The highest BCUT2D eigenvalue weighted by Gasteiger charge is 2.54. The molecule has 0 aliphatic carbocycles. The van der Waals surface area contributed by atoms with Crippen LogP contribution in [0.5, 0.6) is 0 Å². The van der Waals surface area contributed by atoms with Crippen molar-refractivity contribution in [3.05, 3.63) is 41.1 Å². The highest BCUT2D eigenvalue weighted by molar-refractivity contribution is 8.00. The number of benzene rings is 1. The summed E-state index contributed by atoms with van der Waals surface area (Å²) in [6.45, 7) is 0.959. The molecule has 4 amide bonds. The molecule has 2 aliphatic rings. The molecule has 0 aromatic heterocycles. The van der Waals surface area contributed by atoms with Crippen molar-refractivity contribution < 1.29 is 33.8 Å². The van der Waals surface area contributed by atoms with Gasteiger partial charge in [-0.1, -0.05) is 12.1 Å². The van der Waals surface area contributed by atoms with E-state index in [4.69, 9.17) is 16.2 Å². The molecule has 12 nitrogen and oxygen atoms in total. The maximum atomic E-state index is 12.7. The van der Waals surface area contributed by atoms with Crippen LogP contribution >= 0.6 is 11.8 Å². The Labute approximate surface area is 186 Å². The third-order valence-electron chi connectivity index (χ3n) is 4.79. The predicted molar refractivity (Wildman–Crippen MR) is 113 cm³/mol. The Kier molecular flexibility index (Phi) is 6.69. The number of β-lactam (4-membered cyclic amide) rings is 1. The number of rotatable bonds is 7. The van der Waals surface area contributed by atoms with Crippen molar-refractivity contribution in [3.8, 4) is 0 Å². The quantitative estimate of drug-likeness (QED) is 0.261. The molecule has 1 aromatic carbocycles. The molecule has 0 bridgehead atoms. The fourth-order valence-electron chi connectivity index (χ4n) is 3.33. The van der Waals surface area contributed by atoms with Crippen molar-refractivity contribution in [1.29, 1.82) is 0 Å². The van der Waals surface area contributed by atoms with Gasteiger partial charge in [-0.15, -0.1) is 11.8 Å². The van der Waals surface area contributed by atoms with Crippen molar-refractivity contribution in [2.45, 2.75) is 24.4 Å². The average Bonchev–Trinajstić information content (AvgIpc) is 2.73. The SMILES string of the molecule is CC(=O)OCC1=C(C(=O)O)N2C(=O)[C@@H](NC(=O)C(N)c3cccc(NC(N)=O)c3)[C@H]2SC1. The first-order chi connectivity index (χ1) is 15.1. The lowest BCUT2D eigenvalue weighted by molar-refractivity contribution is -0.151. The van der Waals surface area contributed by atoms with Crippen molar-refractivity contribution in [2.24, 2.45) is 11.5 Å². The van der Waals surface area contributed by atoms with Crippen LogP contribution in [0.2, 0.25) is 0 Å². The van der Waals surface area contributed by atoms with Gasteiger partial charge in [-0.2, -0.15) is 0 Å². The standard InChI is InChI=1S/C19H21N5O7S/c1-8(25)31-6-10-7-32-17-13(16(27)24(17)14(10)18(28)29)23-15(26)12(20)9-3-2-4-11(5-9)22-19(21)30/h2-5,12-13,17H,6-7,20H2,1H3,(H,23,26)(H,28,29)(H3,21,22,30)/t12?,13-,17-/m1/s1. The van der Waals surface area contributed by atoms with Gasteiger partial charge in [0.1, 0.15) is 29.8 Å². The van der Waals surface area contributed by atoms with Crippen LogP contribution in [0.1, 0.15) is 18.5 Å². The van der Waals surface area contributed by atoms with E-state index in [1.807, 2.05) is 0 Å². The van der Waals surface area contributed by atoms with E-state index in [9.17, 15) is 29.1 Å². The maximum absolute atomic E-state index is 12.7. The first-order valence-electron chi connectivity index (χ1n) is 9.36. The minimum Gasteiger partial charge on any atom is -0.477 e. The van der Waals surface area contributed by atoms with E-state index < -0.39 is 47.2 Å². The molecule has 13 heteroatoms. The number of carboxylic acid groups (broad SMARTS) is 1. The molecule has 3 atom stereocenters. The van der Waals surface area contributed by atoms with Crippen LogP contribution in [0, 0.1) is 0 Å². The lowest BCUT2D eigenvalue weighted by Crippen LogP contribution is -2.71. The largest absolute Gasteiger partial charge is 0.477 e. The third kappa shape index (κ3) is 4.68. The summed E-state index contributed by atoms with van der Waals surface area (Å²) in [7, 11) is 0. The van der Waals surface area contributed by atoms with Crippen molar-refractivity contribution >= 4 is 47.2 Å². The van der Waals surface area contributed by atoms with Crippen LogP contribution < -0.4 is 22.1 Å². The summed E-state index contributed by atoms with van der Waals surface area (Å²) in [5.74, 6) is -2.94. The van der Waals surface area contributed by atoms with Crippen LogP contribution in [0.15, 0.2) is 35.5 Å². The number of esters is 1. The van der Waals surface area contributed by atoms with Crippen molar-refractivity contribution in [1.82, 2.24) is 10.2 Å². The fraction of sp³-hybridized carbons (Fsp3) is 0.316. The Morgan fingerprint density at radius 3 is 2.69 bits per heavy atom. The zero-order valence-electron chi connectivity index (χ0n) is 16.9. The Hall–Kier alpha value is -3.58. The summed E-state index contributed by atoms with van der Waals surface area (Å²) in [6, 6.07) is 3.32. The highest BCUT2D eigenvalue weighted by Crippen LogP contribution is 2.40. The van der Waals surface area contributed by atoms with E-state index >= 15 is 0 Å². The number of nitrogens with two attached hydrogens (primary N) is 2. The number of amides is 4. The number of fused-ring (bicyclic) bond motifs is 1. The molecule has 0 radical (unpaired) electrons. The summed E-state index contributed by atoms with van der Waals surface area (Å²) in [5.41, 5.74) is 11.9. The predicted octanol–water partition coefficient (Wildman–Crippen LogP) is -0.521. The number of thioether (sulfide) groups is 1. The van der Waals surface area contributed by atoms with Gasteiger partial charge < -0.3 is 31.9 Å². The molecular formula is C19H21N5O7S. The number of nitrogens with zero attached hydrogens (tertiary/aromatic N) is 1. The summed E-state index contributed by atoms with van der Waals surface area (Å²) in [5, 5.41) is 13.9. The smallest absolute Gasteiger partial charge is 0.352 e. The summed E-state index contributed by atoms with van der Waals surface area (Å²) in [6.07, 6.45) is 0. The zero-order chi connectivity index (χ0) is 23.6. The van der Waals surface area contributed by atoms with Crippen LogP contribution in [0.25, 0.3) is 0 Å². The monoisotopic (exact) mass is 463 g/mol. The van der Waals surface area contributed by atoms with Gasteiger partial charge in [-0.3, -0.25) is 19.3 Å². The van der Waals surface area contributed by atoms with Crippen LogP contribution in [0.4, 0.5) is 10.5 Å². The molecule has 1 aromatic rings. The molecule has 2 heterocycles. The first kappa shape index (κ1) is 23.1. The number of carbonyl (C=O) groups is 5. The minimum atomic E-state index is -1.33. The Balaban J connectivity index is 1.71. The molecule has 2 aliphatic heterocycles. The van der Waals surface area contributed by atoms with Crippen LogP contribution in [-0.4, -0.2) is 63.6 Å². The number of hydrogen-bond acceptors (Lipinski definition) is 8. The van der Waals surface area contributed by atoms with Gasteiger partial charge in [-0.25, -0.2) is 9.59 Å². The lowest BCUT2D eigenvalue weighted by Gasteiger charge is -2.49. The molecular weight excluding hydrogens is 442 g/mol. The highest BCUT2D eigenvalue weighted by atomic mass is 32.2. The molecule has 170 valence electrons. The van der Waals surface area contributed by atoms with E-state index in [0.29, 0.717) is 16.8 Å². The van der Waals surface area contributed by atoms with Gasteiger partial charge in [0.25, 0.3) is 5.91 Å². The van der Waals surface area contributed by atoms with E-state index in [-0.39, 0.29) is 18.1 Å². The molecule has 7 N–H and O–H groups in total. The average molecular weight is 463 g/mol.